The first kappa shape index (κ1) is 8.97. The maximum Gasteiger partial charge on any atom is 0.182 e. The molecule has 0 amide bonds. The molecular formula is C9H14N2OS. The maximum absolute atomic E-state index is 5.30. The molecule has 1 fully saturated rings. The molecule has 3 nitrogen and oxygen atoms in total. The van der Waals surface area contributed by atoms with Crippen molar-refractivity contribution in [1.29, 1.82) is 0 Å². The maximum atomic E-state index is 5.30. The van der Waals surface area contributed by atoms with Crippen molar-refractivity contribution >= 4 is 16.5 Å². The average molecular weight is 198 g/mol. The van der Waals surface area contributed by atoms with E-state index in [-0.39, 0.29) is 0 Å². The molecule has 0 unspecified atom stereocenters. The van der Waals surface area contributed by atoms with Gasteiger partial charge in [0.05, 0.1) is 0 Å². The lowest BCUT2D eigenvalue weighted by atomic mass is 10.0. The molecule has 2 heterocycles. The van der Waals surface area contributed by atoms with E-state index >= 15 is 0 Å². The first-order chi connectivity index (χ1) is 6.45. The molecule has 1 aromatic heterocycles. The van der Waals surface area contributed by atoms with Crippen molar-refractivity contribution in [3.63, 3.8) is 0 Å². The van der Waals surface area contributed by atoms with Crippen molar-refractivity contribution in [3.8, 4) is 0 Å². The van der Waals surface area contributed by atoms with Crippen LogP contribution in [0.15, 0.2) is 11.6 Å². The molecule has 0 bridgehead atoms. The zero-order valence-corrected chi connectivity index (χ0v) is 8.35. The van der Waals surface area contributed by atoms with E-state index in [9.17, 15) is 0 Å². The SMILES string of the molecule is c1csc(NCC2CCOCC2)n1. The number of thiazole rings is 1. The summed E-state index contributed by atoms with van der Waals surface area (Å²) in [6.07, 6.45) is 4.19. The molecule has 2 rings (SSSR count). The van der Waals surface area contributed by atoms with Gasteiger partial charge in [-0.25, -0.2) is 4.98 Å². The molecule has 0 radical (unpaired) electrons. The van der Waals surface area contributed by atoms with Crippen LogP contribution in [0, 0.1) is 5.92 Å². The summed E-state index contributed by atoms with van der Waals surface area (Å²) >= 11 is 1.66. The third kappa shape index (κ3) is 2.67. The Morgan fingerprint density at radius 3 is 3.08 bits per heavy atom. The van der Waals surface area contributed by atoms with Gasteiger partial charge in [0.1, 0.15) is 0 Å². The van der Waals surface area contributed by atoms with Gasteiger partial charge in [0.25, 0.3) is 0 Å². The van der Waals surface area contributed by atoms with Gasteiger partial charge in [-0.2, -0.15) is 0 Å². The molecule has 0 spiro atoms. The number of rotatable bonds is 3. The quantitative estimate of drug-likeness (QED) is 0.806. The highest BCUT2D eigenvalue weighted by molar-refractivity contribution is 7.13. The number of nitrogens with one attached hydrogen (secondary N) is 1. The van der Waals surface area contributed by atoms with Crippen molar-refractivity contribution in [2.75, 3.05) is 25.1 Å². The Kier molecular flexibility index (Phi) is 3.16. The van der Waals surface area contributed by atoms with Gasteiger partial charge >= 0.3 is 0 Å². The molecule has 1 N–H and O–H groups in total. The molecule has 1 aliphatic heterocycles. The summed E-state index contributed by atoms with van der Waals surface area (Å²) < 4.78 is 5.30. The molecule has 1 saturated heterocycles. The third-order valence-corrected chi connectivity index (χ3v) is 3.05. The van der Waals surface area contributed by atoms with Crippen LogP contribution in [0.2, 0.25) is 0 Å². The van der Waals surface area contributed by atoms with Gasteiger partial charge < -0.3 is 10.1 Å². The number of nitrogens with zero attached hydrogens (tertiary/aromatic N) is 1. The fourth-order valence-electron chi connectivity index (χ4n) is 1.49. The molecule has 0 atom stereocenters. The molecule has 0 aliphatic carbocycles. The van der Waals surface area contributed by atoms with E-state index in [0.29, 0.717) is 0 Å². The normalized spacial score (nSPS) is 18.8. The number of ether oxygens (including phenoxy) is 1. The fraction of sp³-hybridized carbons (Fsp3) is 0.667. The van der Waals surface area contributed by atoms with E-state index in [1.54, 1.807) is 11.3 Å². The van der Waals surface area contributed by atoms with Crippen LogP contribution in [-0.2, 0) is 4.74 Å². The lowest BCUT2D eigenvalue weighted by Crippen LogP contribution is -2.22. The Hall–Kier alpha value is -0.610. The summed E-state index contributed by atoms with van der Waals surface area (Å²) in [5, 5.41) is 6.37. The van der Waals surface area contributed by atoms with E-state index in [2.05, 4.69) is 10.3 Å². The van der Waals surface area contributed by atoms with Gasteiger partial charge in [-0.1, -0.05) is 0 Å². The second-order valence-electron chi connectivity index (χ2n) is 3.27. The smallest absolute Gasteiger partial charge is 0.182 e. The van der Waals surface area contributed by atoms with Gasteiger partial charge in [0, 0.05) is 31.3 Å². The highest BCUT2D eigenvalue weighted by Gasteiger charge is 2.13. The zero-order valence-electron chi connectivity index (χ0n) is 7.53. The van der Waals surface area contributed by atoms with Crippen LogP contribution >= 0.6 is 11.3 Å². The Labute approximate surface area is 82.1 Å². The number of anilines is 1. The highest BCUT2D eigenvalue weighted by atomic mass is 32.1. The van der Waals surface area contributed by atoms with E-state index in [1.807, 2.05) is 11.6 Å². The second-order valence-corrected chi connectivity index (χ2v) is 4.17. The van der Waals surface area contributed by atoms with E-state index < -0.39 is 0 Å². The zero-order chi connectivity index (χ0) is 8.93. The second kappa shape index (κ2) is 4.58. The van der Waals surface area contributed by atoms with Crippen LogP contribution in [-0.4, -0.2) is 24.7 Å². The van der Waals surface area contributed by atoms with E-state index in [1.165, 1.54) is 12.8 Å². The summed E-state index contributed by atoms with van der Waals surface area (Å²) in [5.74, 6) is 0.762. The van der Waals surface area contributed by atoms with Gasteiger partial charge in [-0.05, 0) is 18.8 Å². The number of aromatic nitrogens is 1. The lowest BCUT2D eigenvalue weighted by molar-refractivity contribution is 0.0699. The van der Waals surface area contributed by atoms with E-state index in [4.69, 9.17) is 4.74 Å². The highest BCUT2D eigenvalue weighted by Crippen LogP contribution is 2.17. The van der Waals surface area contributed by atoms with E-state index in [0.717, 1.165) is 30.8 Å². The largest absolute Gasteiger partial charge is 0.381 e. The van der Waals surface area contributed by atoms with Crippen molar-refractivity contribution in [3.05, 3.63) is 11.6 Å². The molecule has 1 aromatic rings. The standard InChI is InChI=1S/C9H14N2OS/c1-4-12-5-2-8(1)7-11-9-10-3-6-13-9/h3,6,8H,1-2,4-5,7H2,(H,10,11). The fourth-order valence-corrected chi connectivity index (χ4v) is 2.03. The summed E-state index contributed by atoms with van der Waals surface area (Å²) in [5.41, 5.74) is 0. The number of hydrogen-bond donors (Lipinski definition) is 1. The molecule has 0 aromatic carbocycles. The lowest BCUT2D eigenvalue weighted by Gasteiger charge is -2.21. The summed E-state index contributed by atoms with van der Waals surface area (Å²) in [6, 6.07) is 0. The van der Waals surface area contributed by atoms with Gasteiger partial charge in [0.2, 0.25) is 0 Å². The van der Waals surface area contributed by atoms with Crippen molar-refractivity contribution in [2.45, 2.75) is 12.8 Å². The summed E-state index contributed by atoms with van der Waals surface area (Å²) in [4.78, 5) is 4.18. The van der Waals surface area contributed by atoms with Crippen LogP contribution in [0.25, 0.3) is 0 Å². The van der Waals surface area contributed by atoms with Crippen LogP contribution in [0.1, 0.15) is 12.8 Å². The van der Waals surface area contributed by atoms with Crippen LogP contribution < -0.4 is 5.32 Å². The molecule has 1 aliphatic rings. The molecule has 0 saturated carbocycles. The minimum absolute atomic E-state index is 0.762. The minimum Gasteiger partial charge on any atom is -0.381 e. The van der Waals surface area contributed by atoms with Crippen LogP contribution in [0.5, 0.6) is 0 Å². The first-order valence-electron chi connectivity index (χ1n) is 4.66. The topological polar surface area (TPSA) is 34.1 Å². The third-order valence-electron chi connectivity index (χ3n) is 2.32. The average Bonchev–Trinajstić information content (AvgIpc) is 2.69. The van der Waals surface area contributed by atoms with Crippen LogP contribution in [0.3, 0.4) is 0 Å². The Bertz CT molecular complexity index is 232. The molecular weight excluding hydrogens is 184 g/mol. The Morgan fingerprint density at radius 2 is 2.38 bits per heavy atom. The monoisotopic (exact) mass is 198 g/mol. The van der Waals surface area contributed by atoms with Crippen molar-refractivity contribution < 1.29 is 4.74 Å². The molecule has 4 heteroatoms. The minimum atomic E-state index is 0.762. The summed E-state index contributed by atoms with van der Waals surface area (Å²) in [6.45, 7) is 2.88. The first-order valence-corrected chi connectivity index (χ1v) is 5.54. The summed E-state index contributed by atoms with van der Waals surface area (Å²) in [7, 11) is 0. The van der Waals surface area contributed by atoms with Gasteiger partial charge in [-0.15, -0.1) is 11.3 Å². The van der Waals surface area contributed by atoms with Crippen molar-refractivity contribution in [2.24, 2.45) is 5.92 Å². The van der Waals surface area contributed by atoms with Gasteiger partial charge in [-0.3, -0.25) is 0 Å². The molecule has 72 valence electrons. The molecule has 13 heavy (non-hydrogen) atoms. The Morgan fingerprint density at radius 1 is 1.54 bits per heavy atom. The Balaban J connectivity index is 1.72. The predicted molar refractivity (Wildman–Crippen MR) is 54.1 cm³/mol. The number of hydrogen-bond acceptors (Lipinski definition) is 4. The van der Waals surface area contributed by atoms with Gasteiger partial charge in [0.15, 0.2) is 5.13 Å². The van der Waals surface area contributed by atoms with Crippen molar-refractivity contribution in [1.82, 2.24) is 4.98 Å². The van der Waals surface area contributed by atoms with Crippen LogP contribution in [0.4, 0.5) is 5.13 Å². The predicted octanol–water partition coefficient (Wildman–Crippen LogP) is 1.98.